The van der Waals surface area contributed by atoms with Gasteiger partial charge in [-0.05, 0) is 73.8 Å². The quantitative estimate of drug-likeness (QED) is 0.244. The summed E-state index contributed by atoms with van der Waals surface area (Å²) in [6.07, 6.45) is 3.80. The van der Waals surface area contributed by atoms with Gasteiger partial charge in [-0.15, -0.1) is 0 Å². The molecule has 1 fully saturated rings. The van der Waals surface area contributed by atoms with E-state index in [2.05, 4.69) is 22.3 Å². The largest absolute Gasteiger partial charge is 0.348 e. The Morgan fingerprint density at radius 1 is 0.780 bits per heavy atom. The number of likely N-dealkylation sites (tertiary alicyclic amines) is 1. The molecule has 212 valence electrons. The van der Waals surface area contributed by atoms with E-state index in [1.807, 2.05) is 49.4 Å². The summed E-state index contributed by atoms with van der Waals surface area (Å²) in [5.41, 5.74) is 4.69. The Morgan fingerprint density at radius 3 is 2.20 bits per heavy atom. The third-order valence-corrected chi connectivity index (χ3v) is 9.27. The van der Waals surface area contributed by atoms with Crippen LogP contribution in [0.1, 0.15) is 51.9 Å². The Bertz CT molecular complexity index is 1560. The number of nitrogens with zero attached hydrogens (tertiary/aromatic N) is 2. The van der Waals surface area contributed by atoms with Gasteiger partial charge in [0.05, 0.1) is 22.7 Å². The lowest BCUT2D eigenvalue weighted by Crippen LogP contribution is -2.33. The maximum atomic E-state index is 14.0. The topological polar surface area (TPSA) is 69.7 Å². The van der Waals surface area contributed by atoms with Gasteiger partial charge in [-0.1, -0.05) is 90.8 Å². The van der Waals surface area contributed by atoms with Crippen molar-refractivity contribution in [2.24, 2.45) is 0 Å². The Kier molecular flexibility index (Phi) is 9.17. The van der Waals surface area contributed by atoms with Crippen molar-refractivity contribution in [3.8, 4) is 0 Å². The van der Waals surface area contributed by atoms with Gasteiger partial charge in [0.2, 0.25) is 0 Å². The standard InChI is InChI=1S/C34H37N3O3S/c1-27-17-19-31(20-18-27)41(39,40)37(26-28-11-4-2-5-12-28)33-16-7-6-15-32(33)34(38)35-24-29-13-10-14-30(23-29)25-36-21-8-3-9-22-36/h2,4-7,10-20,23H,3,8-9,21-22,24-26H2,1H3,(H,35,38). The minimum absolute atomic E-state index is 0.0971. The zero-order valence-corrected chi connectivity index (χ0v) is 24.3. The number of piperidine rings is 1. The van der Waals surface area contributed by atoms with Gasteiger partial charge >= 0.3 is 0 Å². The lowest BCUT2D eigenvalue weighted by atomic mass is 10.1. The van der Waals surface area contributed by atoms with Crippen molar-refractivity contribution in [1.29, 1.82) is 0 Å². The molecule has 1 aliphatic rings. The van der Waals surface area contributed by atoms with E-state index in [9.17, 15) is 13.2 Å². The highest BCUT2D eigenvalue weighted by atomic mass is 32.2. The summed E-state index contributed by atoms with van der Waals surface area (Å²) in [7, 11) is -3.96. The second-order valence-corrected chi connectivity index (χ2v) is 12.5. The van der Waals surface area contributed by atoms with E-state index < -0.39 is 10.0 Å². The first-order valence-corrected chi connectivity index (χ1v) is 15.6. The van der Waals surface area contributed by atoms with Crippen LogP contribution in [0.4, 0.5) is 5.69 Å². The van der Waals surface area contributed by atoms with E-state index in [4.69, 9.17) is 0 Å². The van der Waals surface area contributed by atoms with Crippen LogP contribution in [0, 0.1) is 6.92 Å². The molecule has 4 aromatic carbocycles. The fourth-order valence-corrected chi connectivity index (χ4v) is 6.73. The molecule has 6 nitrogen and oxygen atoms in total. The highest BCUT2D eigenvalue weighted by molar-refractivity contribution is 7.92. The molecule has 0 saturated carbocycles. The molecule has 0 aromatic heterocycles. The van der Waals surface area contributed by atoms with E-state index in [1.54, 1.807) is 48.5 Å². The van der Waals surface area contributed by atoms with Gasteiger partial charge in [-0.2, -0.15) is 0 Å². The molecule has 4 aromatic rings. The van der Waals surface area contributed by atoms with Crippen LogP contribution in [-0.4, -0.2) is 32.3 Å². The first-order valence-electron chi connectivity index (χ1n) is 14.2. The molecule has 1 aliphatic heterocycles. The number of aryl methyl sites for hydroxylation is 1. The Morgan fingerprint density at radius 2 is 1.44 bits per heavy atom. The molecule has 7 heteroatoms. The summed E-state index contributed by atoms with van der Waals surface area (Å²) < 4.78 is 29.3. The second-order valence-electron chi connectivity index (χ2n) is 10.7. The Labute approximate surface area is 243 Å². The average molecular weight is 568 g/mol. The van der Waals surface area contributed by atoms with Gasteiger partial charge in [0.25, 0.3) is 15.9 Å². The number of carbonyl (C=O) groups is 1. The number of para-hydroxylation sites is 1. The highest BCUT2D eigenvalue weighted by Crippen LogP contribution is 2.29. The molecule has 5 rings (SSSR count). The van der Waals surface area contributed by atoms with Gasteiger partial charge in [-0.3, -0.25) is 14.0 Å². The van der Waals surface area contributed by atoms with E-state index in [0.717, 1.165) is 36.3 Å². The lowest BCUT2D eigenvalue weighted by molar-refractivity contribution is 0.0951. The summed E-state index contributed by atoms with van der Waals surface area (Å²) in [5, 5.41) is 3.03. The van der Waals surface area contributed by atoms with Gasteiger partial charge in [0.1, 0.15) is 0 Å². The van der Waals surface area contributed by atoms with Gasteiger partial charge in [0, 0.05) is 13.1 Å². The molecule has 0 unspecified atom stereocenters. The normalized spacial score (nSPS) is 14.0. The number of amides is 1. The zero-order chi connectivity index (χ0) is 28.7. The molecule has 0 spiro atoms. The predicted molar refractivity (Wildman–Crippen MR) is 164 cm³/mol. The van der Waals surface area contributed by atoms with Crippen LogP contribution >= 0.6 is 0 Å². The van der Waals surface area contributed by atoms with Crippen molar-refractivity contribution in [3.05, 3.63) is 131 Å². The summed E-state index contributed by atoms with van der Waals surface area (Å²) >= 11 is 0. The van der Waals surface area contributed by atoms with Crippen molar-refractivity contribution < 1.29 is 13.2 Å². The molecular weight excluding hydrogens is 530 g/mol. The van der Waals surface area contributed by atoms with Crippen molar-refractivity contribution in [3.63, 3.8) is 0 Å². The SMILES string of the molecule is Cc1ccc(S(=O)(=O)N(Cc2ccccc2)c2ccccc2C(=O)NCc2cccc(CN3CCCCC3)c2)cc1. The number of hydrogen-bond acceptors (Lipinski definition) is 4. The predicted octanol–water partition coefficient (Wildman–Crippen LogP) is 6.31. The lowest BCUT2D eigenvalue weighted by Gasteiger charge is -2.27. The number of carbonyl (C=O) groups excluding carboxylic acids is 1. The van der Waals surface area contributed by atoms with Crippen LogP contribution in [-0.2, 0) is 29.7 Å². The molecule has 0 bridgehead atoms. The minimum atomic E-state index is -3.96. The van der Waals surface area contributed by atoms with E-state index >= 15 is 0 Å². The van der Waals surface area contributed by atoms with E-state index in [-0.39, 0.29) is 17.3 Å². The van der Waals surface area contributed by atoms with E-state index in [0.29, 0.717) is 17.8 Å². The minimum Gasteiger partial charge on any atom is -0.348 e. The molecule has 0 aliphatic carbocycles. The van der Waals surface area contributed by atoms with Crippen molar-refractivity contribution >= 4 is 21.6 Å². The third-order valence-electron chi connectivity index (χ3n) is 7.49. The van der Waals surface area contributed by atoms with Crippen LogP contribution in [0.2, 0.25) is 0 Å². The van der Waals surface area contributed by atoms with Crippen LogP contribution in [0.25, 0.3) is 0 Å². The van der Waals surface area contributed by atoms with Gasteiger partial charge in [0.15, 0.2) is 0 Å². The summed E-state index contributed by atoms with van der Waals surface area (Å²) in [4.78, 5) is 16.2. The molecule has 0 atom stereocenters. The summed E-state index contributed by atoms with van der Waals surface area (Å²) in [5.74, 6) is -0.320. The number of sulfonamides is 1. The first-order chi connectivity index (χ1) is 19.9. The Balaban J connectivity index is 1.39. The molecule has 1 heterocycles. The molecular formula is C34H37N3O3S. The third kappa shape index (κ3) is 7.23. The Hall–Kier alpha value is -3.94. The van der Waals surface area contributed by atoms with Crippen molar-refractivity contribution in [1.82, 2.24) is 10.2 Å². The second kappa shape index (κ2) is 13.1. The number of hydrogen-bond donors (Lipinski definition) is 1. The maximum Gasteiger partial charge on any atom is 0.264 e. The summed E-state index contributed by atoms with van der Waals surface area (Å²) in [6, 6.07) is 31.4. The molecule has 41 heavy (non-hydrogen) atoms. The maximum absolute atomic E-state index is 14.0. The van der Waals surface area contributed by atoms with Crippen LogP contribution in [0.3, 0.4) is 0 Å². The van der Waals surface area contributed by atoms with Gasteiger partial charge in [-0.25, -0.2) is 8.42 Å². The molecule has 1 amide bonds. The van der Waals surface area contributed by atoms with Crippen LogP contribution < -0.4 is 9.62 Å². The number of anilines is 1. The molecule has 1 saturated heterocycles. The van der Waals surface area contributed by atoms with Crippen LogP contribution in [0.5, 0.6) is 0 Å². The first kappa shape index (κ1) is 28.6. The fourth-order valence-electron chi connectivity index (χ4n) is 5.26. The monoisotopic (exact) mass is 567 g/mol. The fraction of sp³-hybridized carbons (Fsp3) is 0.265. The number of nitrogens with one attached hydrogen (secondary N) is 1. The number of rotatable bonds is 10. The smallest absolute Gasteiger partial charge is 0.264 e. The van der Waals surface area contributed by atoms with E-state index in [1.165, 1.54) is 29.1 Å². The average Bonchev–Trinajstić information content (AvgIpc) is 3.00. The van der Waals surface area contributed by atoms with Crippen molar-refractivity contribution in [2.45, 2.75) is 50.7 Å². The van der Waals surface area contributed by atoms with Crippen molar-refractivity contribution in [2.75, 3.05) is 17.4 Å². The van der Waals surface area contributed by atoms with Crippen LogP contribution in [0.15, 0.2) is 108 Å². The summed E-state index contributed by atoms with van der Waals surface area (Å²) in [6.45, 7) is 5.53. The van der Waals surface area contributed by atoms with Gasteiger partial charge < -0.3 is 5.32 Å². The number of benzene rings is 4. The molecule has 0 radical (unpaired) electrons. The zero-order valence-electron chi connectivity index (χ0n) is 23.5. The molecule has 1 N–H and O–H groups in total. The highest BCUT2D eigenvalue weighted by Gasteiger charge is 2.28.